The number of halogens is 2. The SMILES string of the molecule is CCc1nn(C)c(COC(=O)c2cc(N)cc(Br)c2)c1Br. The summed E-state index contributed by atoms with van der Waals surface area (Å²) in [5.41, 5.74) is 8.40. The van der Waals surface area contributed by atoms with Crippen LogP contribution in [0.2, 0.25) is 0 Å². The predicted octanol–water partition coefficient (Wildman–Crippen LogP) is 3.45. The van der Waals surface area contributed by atoms with Gasteiger partial charge in [0, 0.05) is 17.2 Å². The highest BCUT2D eigenvalue weighted by Gasteiger charge is 2.15. The number of hydrogen-bond acceptors (Lipinski definition) is 4. The van der Waals surface area contributed by atoms with Gasteiger partial charge in [-0.25, -0.2) is 4.79 Å². The van der Waals surface area contributed by atoms with Crippen LogP contribution in [0, 0.1) is 0 Å². The molecule has 0 spiro atoms. The van der Waals surface area contributed by atoms with Crippen molar-refractivity contribution in [3.8, 4) is 0 Å². The molecular formula is C14H15Br2N3O2. The zero-order valence-corrected chi connectivity index (χ0v) is 14.9. The van der Waals surface area contributed by atoms with Gasteiger partial charge in [-0.05, 0) is 40.5 Å². The van der Waals surface area contributed by atoms with E-state index in [4.69, 9.17) is 10.5 Å². The molecule has 1 aromatic carbocycles. The van der Waals surface area contributed by atoms with Gasteiger partial charge in [-0.2, -0.15) is 5.10 Å². The Morgan fingerprint density at radius 3 is 2.67 bits per heavy atom. The number of hydrogen-bond donors (Lipinski definition) is 1. The number of nitrogens with two attached hydrogens (primary N) is 1. The molecule has 0 fully saturated rings. The van der Waals surface area contributed by atoms with E-state index in [1.54, 1.807) is 22.9 Å². The van der Waals surface area contributed by atoms with Crippen molar-refractivity contribution in [3.05, 3.63) is 44.1 Å². The molecule has 0 radical (unpaired) electrons. The zero-order valence-electron chi connectivity index (χ0n) is 11.7. The molecular weight excluding hydrogens is 402 g/mol. The third-order valence-corrected chi connectivity index (χ3v) is 4.37. The summed E-state index contributed by atoms with van der Waals surface area (Å²) in [6.45, 7) is 2.17. The Balaban J connectivity index is 2.13. The normalized spacial score (nSPS) is 10.7. The highest BCUT2D eigenvalue weighted by atomic mass is 79.9. The Morgan fingerprint density at radius 1 is 1.38 bits per heavy atom. The van der Waals surface area contributed by atoms with E-state index in [9.17, 15) is 4.79 Å². The number of carbonyl (C=O) groups excluding carboxylic acids is 1. The maximum atomic E-state index is 12.1. The minimum Gasteiger partial charge on any atom is -0.456 e. The van der Waals surface area contributed by atoms with Crippen LogP contribution in [0.4, 0.5) is 5.69 Å². The van der Waals surface area contributed by atoms with Gasteiger partial charge >= 0.3 is 5.97 Å². The smallest absolute Gasteiger partial charge is 0.338 e. The number of benzene rings is 1. The molecule has 21 heavy (non-hydrogen) atoms. The molecule has 5 nitrogen and oxygen atoms in total. The minimum absolute atomic E-state index is 0.148. The lowest BCUT2D eigenvalue weighted by molar-refractivity contribution is 0.0462. The maximum Gasteiger partial charge on any atom is 0.338 e. The molecule has 0 unspecified atom stereocenters. The largest absolute Gasteiger partial charge is 0.456 e. The number of rotatable bonds is 4. The molecule has 112 valence electrons. The van der Waals surface area contributed by atoms with E-state index in [-0.39, 0.29) is 6.61 Å². The molecule has 2 N–H and O–H groups in total. The molecule has 0 aliphatic heterocycles. The monoisotopic (exact) mass is 415 g/mol. The van der Waals surface area contributed by atoms with E-state index < -0.39 is 5.97 Å². The topological polar surface area (TPSA) is 70.1 Å². The van der Waals surface area contributed by atoms with Crippen molar-refractivity contribution in [1.29, 1.82) is 0 Å². The summed E-state index contributed by atoms with van der Waals surface area (Å²) in [6.07, 6.45) is 0.810. The third kappa shape index (κ3) is 3.65. The second-order valence-corrected chi connectivity index (χ2v) is 6.24. The molecule has 1 aromatic heterocycles. The fourth-order valence-electron chi connectivity index (χ4n) is 1.92. The first-order chi connectivity index (χ1) is 9.92. The van der Waals surface area contributed by atoms with Crippen molar-refractivity contribution in [2.45, 2.75) is 20.0 Å². The van der Waals surface area contributed by atoms with Crippen LogP contribution in [0.25, 0.3) is 0 Å². The first-order valence-electron chi connectivity index (χ1n) is 6.35. The number of aryl methyl sites for hydroxylation is 2. The van der Waals surface area contributed by atoms with Crippen molar-refractivity contribution < 1.29 is 9.53 Å². The first kappa shape index (κ1) is 16.0. The standard InChI is InChI=1S/C14H15Br2N3O2/c1-3-11-13(16)12(19(2)18-11)7-21-14(20)8-4-9(15)6-10(17)5-8/h4-6H,3,7,17H2,1-2H3. The molecule has 2 rings (SSSR count). The van der Waals surface area contributed by atoms with Gasteiger partial charge in [-0.1, -0.05) is 22.9 Å². The van der Waals surface area contributed by atoms with Gasteiger partial charge in [0.1, 0.15) is 6.61 Å². The molecule has 7 heteroatoms. The van der Waals surface area contributed by atoms with Gasteiger partial charge in [0.2, 0.25) is 0 Å². The quantitative estimate of drug-likeness (QED) is 0.612. The number of carbonyl (C=O) groups is 1. The van der Waals surface area contributed by atoms with Crippen LogP contribution >= 0.6 is 31.9 Å². The summed E-state index contributed by atoms with van der Waals surface area (Å²) in [5.74, 6) is -0.422. The predicted molar refractivity (Wildman–Crippen MR) is 88.0 cm³/mol. The van der Waals surface area contributed by atoms with Crippen LogP contribution in [-0.4, -0.2) is 15.7 Å². The number of aromatic nitrogens is 2. The second-order valence-electron chi connectivity index (χ2n) is 4.53. The van der Waals surface area contributed by atoms with Crippen molar-refractivity contribution in [3.63, 3.8) is 0 Å². The van der Waals surface area contributed by atoms with Gasteiger partial charge < -0.3 is 10.5 Å². The minimum atomic E-state index is -0.422. The molecule has 0 bridgehead atoms. The molecule has 0 saturated heterocycles. The van der Waals surface area contributed by atoms with E-state index in [1.807, 2.05) is 14.0 Å². The fourth-order valence-corrected chi connectivity index (χ4v) is 3.17. The summed E-state index contributed by atoms with van der Waals surface area (Å²) in [6, 6.07) is 4.99. The third-order valence-electron chi connectivity index (χ3n) is 3.00. The molecule has 0 aliphatic carbocycles. The Bertz CT molecular complexity index is 663. The van der Waals surface area contributed by atoms with E-state index in [2.05, 4.69) is 37.0 Å². The van der Waals surface area contributed by atoms with Gasteiger partial charge in [-0.15, -0.1) is 0 Å². The molecule has 1 heterocycles. The lowest BCUT2D eigenvalue weighted by Crippen LogP contribution is -2.09. The molecule has 0 amide bonds. The number of anilines is 1. The van der Waals surface area contributed by atoms with E-state index in [1.165, 1.54) is 0 Å². The van der Waals surface area contributed by atoms with Gasteiger partial charge in [0.25, 0.3) is 0 Å². The van der Waals surface area contributed by atoms with Gasteiger partial charge in [-0.3, -0.25) is 4.68 Å². The lowest BCUT2D eigenvalue weighted by Gasteiger charge is -2.07. The summed E-state index contributed by atoms with van der Waals surface area (Å²) >= 11 is 6.79. The summed E-state index contributed by atoms with van der Waals surface area (Å²) in [4.78, 5) is 12.1. The van der Waals surface area contributed by atoms with Crippen LogP contribution in [0.5, 0.6) is 0 Å². The molecule has 0 aliphatic rings. The average molecular weight is 417 g/mol. The van der Waals surface area contributed by atoms with Crippen molar-refractivity contribution in [1.82, 2.24) is 9.78 Å². The Labute approximate surface area is 139 Å². The van der Waals surface area contributed by atoms with E-state index in [0.717, 1.165) is 26.8 Å². The average Bonchev–Trinajstić information content (AvgIpc) is 2.69. The van der Waals surface area contributed by atoms with Crippen LogP contribution in [-0.2, 0) is 24.8 Å². The Kier molecular flexibility index (Phi) is 5.05. The molecule has 0 atom stereocenters. The maximum absolute atomic E-state index is 12.1. The number of esters is 1. The number of nitrogen functional groups attached to an aromatic ring is 1. The Morgan fingerprint density at radius 2 is 2.10 bits per heavy atom. The van der Waals surface area contributed by atoms with Crippen molar-refractivity contribution in [2.24, 2.45) is 7.05 Å². The highest BCUT2D eigenvalue weighted by Crippen LogP contribution is 2.23. The van der Waals surface area contributed by atoms with Crippen LogP contribution in [0.3, 0.4) is 0 Å². The molecule has 0 saturated carbocycles. The zero-order chi connectivity index (χ0) is 15.6. The second kappa shape index (κ2) is 6.62. The summed E-state index contributed by atoms with van der Waals surface area (Å²) < 4.78 is 8.67. The first-order valence-corrected chi connectivity index (χ1v) is 7.94. The Hall–Kier alpha value is -1.34. The summed E-state index contributed by atoms with van der Waals surface area (Å²) in [7, 11) is 1.82. The lowest BCUT2D eigenvalue weighted by atomic mass is 10.2. The van der Waals surface area contributed by atoms with E-state index >= 15 is 0 Å². The number of nitrogens with zero attached hydrogens (tertiary/aromatic N) is 2. The van der Waals surface area contributed by atoms with Gasteiger partial charge in [0.05, 0.1) is 21.4 Å². The van der Waals surface area contributed by atoms with Gasteiger partial charge in [0.15, 0.2) is 0 Å². The summed E-state index contributed by atoms with van der Waals surface area (Å²) in [5, 5.41) is 4.36. The van der Waals surface area contributed by atoms with Crippen LogP contribution < -0.4 is 5.73 Å². The van der Waals surface area contributed by atoms with E-state index in [0.29, 0.717) is 11.3 Å². The number of ether oxygens (including phenoxy) is 1. The van der Waals surface area contributed by atoms with Crippen LogP contribution in [0.1, 0.15) is 28.7 Å². The van der Waals surface area contributed by atoms with Crippen molar-refractivity contribution >= 4 is 43.5 Å². The highest BCUT2D eigenvalue weighted by molar-refractivity contribution is 9.10. The molecule has 2 aromatic rings. The van der Waals surface area contributed by atoms with Crippen molar-refractivity contribution in [2.75, 3.05) is 5.73 Å². The fraction of sp³-hybridized carbons (Fsp3) is 0.286. The van der Waals surface area contributed by atoms with Crippen LogP contribution in [0.15, 0.2) is 27.1 Å².